The summed E-state index contributed by atoms with van der Waals surface area (Å²) < 4.78 is 0. The van der Waals surface area contributed by atoms with Crippen molar-refractivity contribution in [3.8, 4) is 0 Å². The molecule has 0 aliphatic rings. The molecule has 1 rings (SSSR count). The Morgan fingerprint density at radius 2 is 2.00 bits per heavy atom. The van der Waals surface area contributed by atoms with Crippen LogP contribution in [0.25, 0.3) is 0 Å². The molecular weight excluding hydrogens is 258 g/mol. The SMILES string of the molecule is CNC(=O)C(C)(C)CNC(=O)c1cc(C)nc(NN)c1. The first kappa shape index (κ1) is 15.9. The predicted octanol–water partition coefficient (Wildman–Crippen LogP) is 0.178. The molecule has 0 saturated heterocycles. The summed E-state index contributed by atoms with van der Waals surface area (Å²) in [4.78, 5) is 27.8. The highest BCUT2D eigenvalue weighted by Gasteiger charge is 2.27. The molecule has 0 aliphatic carbocycles. The largest absolute Gasteiger partial charge is 0.359 e. The number of nitrogen functional groups attached to an aromatic ring is 1. The van der Waals surface area contributed by atoms with Gasteiger partial charge in [0.1, 0.15) is 5.82 Å². The van der Waals surface area contributed by atoms with Crippen molar-refractivity contribution in [3.63, 3.8) is 0 Å². The number of aromatic nitrogens is 1. The second-order valence-electron chi connectivity index (χ2n) is 5.17. The fourth-order valence-corrected chi connectivity index (χ4v) is 1.70. The van der Waals surface area contributed by atoms with Gasteiger partial charge in [-0.1, -0.05) is 0 Å². The maximum atomic E-state index is 12.1. The number of pyridine rings is 1. The predicted molar refractivity (Wildman–Crippen MR) is 77.0 cm³/mol. The number of amides is 2. The van der Waals surface area contributed by atoms with Crippen LogP contribution in [0.15, 0.2) is 12.1 Å². The van der Waals surface area contributed by atoms with Crippen molar-refractivity contribution in [2.45, 2.75) is 20.8 Å². The van der Waals surface area contributed by atoms with Crippen LogP contribution in [0.3, 0.4) is 0 Å². The number of nitrogens with one attached hydrogen (secondary N) is 3. The molecule has 1 heterocycles. The van der Waals surface area contributed by atoms with Crippen LogP contribution < -0.4 is 21.9 Å². The molecule has 5 N–H and O–H groups in total. The molecule has 0 aromatic carbocycles. The van der Waals surface area contributed by atoms with E-state index < -0.39 is 5.41 Å². The summed E-state index contributed by atoms with van der Waals surface area (Å²) in [6.07, 6.45) is 0. The number of aryl methyl sites for hydroxylation is 1. The molecule has 0 radical (unpaired) electrons. The number of hydrogen-bond donors (Lipinski definition) is 4. The monoisotopic (exact) mass is 279 g/mol. The third-order valence-corrected chi connectivity index (χ3v) is 2.90. The third kappa shape index (κ3) is 3.92. The molecule has 0 spiro atoms. The second kappa shape index (κ2) is 6.33. The summed E-state index contributed by atoms with van der Waals surface area (Å²) in [5, 5.41) is 5.31. The van der Waals surface area contributed by atoms with Crippen LogP contribution in [-0.4, -0.2) is 30.4 Å². The van der Waals surface area contributed by atoms with E-state index in [1.165, 1.54) is 0 Å². The van der Waals surface area contributed by atoms with Gasteiger partial charge in [0.15, 0.2) is 0 Å². The molecule has 20 heavy (non-hydrogen) atoms. The lowest BCUT2D eigenvalue weighted by Gasteiger charge is -2.22. The van der Waals surface area contributed by atoms with E-state index in [0.29, 0.717) is 17.1 Å². The Morgan fingerprint density at radius 3 is 2.55 bits per heavy atom. The van der Waals surface area contributed by atoms with Gasteiger partial charge in [0.2, 0.25) is 5.91 Å². The first-order valence-electron chi connectivity index (χ1n) is 6.26. The summed E-state index contributed by atoms with van der Waals surface area (Å²) in [5.74, 6) is 5.30. The van der Waals surface area contributed by atoms with Crippen molar-refractivity contribution in [3.05, 3.63) is 23.4 Å². The van der Waals surface area contributed by atoms with E-state index in [1.807, 2.05) is 0 Å². The zero-order valence-corrected chi connectivity index (χ0v) is 12.2. The Kier molecular flexibility index (Phi) is 5.04. The summed E-state index contributed by atoms with van der Waals surface area (Å²) in [5.41, 5.74) is 2.85. The molecule has 1 aromatic rings. The summed E-state index contributed by atoms with van der Waals surface area (Å²) in [6, 6.07) is 3.21. The first-order valence-corrected chi connectivity index (χ1v) is 6.26. The quantitative estimate of drug-likeness (QED) is 0.454. The molecule has 0 aliphatic heterocycles. The van der Waals surface area contributed by atoms with Crippen LogP contribution in [0.5, 0.6) is 0 Å². The Morgan fingerprint density at radius 1 is 1.35 bits per heavy atom. The van der Waals surface area contributed by atoms with Crippen LogP contribution in [0.1, 0.15) is 29.9 Å². The van der Waals surface area contributed by atoms with Crippen LogP contribution in [-0.2, 0) is 4.79 Å². The summed E-state index contributed by atoms with van der Waals surface area (Å²) in [7, 11) is 1.57. The van der Waals surface area contributed by atoms with E-state index in [0.717, 1.165) is 0 Å². The average Bonchev–Trinajstić information content (AvgIpc) is 2.42. The molecule has 7 nitrogen and oxygen atoms in total. The molecule has 0 atom stereocenters. The lowest BCUT2D eigenvalue weighted by atomic mass is 9.92. The van der Waals surface area contributed by atoms with Gasteiger partial charge in [-0.2, -0.15) is 0 Å². The number of rotatable bonds is 5. The Bertz CT molecular complexity index is 513. The van der Waals surface area contributed by atoms with Crippen molar-refractivity contribution in [2.75, 3.05) is 19.0 Å². The minimum atomic E-state index is -0.679. The lowest BCUT2D eigenvalue weighted by Crippen LogP contribution is -2.43. The Labute approximate surface area is 118 Å². The first-order chi connectivity index (χ1) is 9.30. The number of anilines is 1. The van der Waals surface area contributed by atoms with E-state index in [4.69, 9.17) is 5.84 Å². The number of carbonyl (C=O) groups is 2. The standard InChI is InChI=1S/C13H21N5O2/c1-8-5-9(6-10(17-8)18-14)11(19)16-7-13(2,3)12(20)15-4/h5-6H,7,14H2,1-4H3,(H,15,20)(H,16,19)(H,17,18). The van der Waals surface area contributed by atoms with Crippen molar-refractivity contribution in [1.82, 2.24) is 15.6 Å². The van der Waals surface area contributed by atoms with Crippen LogP contribution >= 0.6 is 0 Å². The third-order valence-electron chi connectivity index (χ3n) is 2.90. The molecule has 110 valence electrons. The number of hydrazine groups is 1. The molecule has 2 amide bonds. The zero-order chi connectivity index (χ0) is 15.3. The van der Waals surface area contributed by atoms with Gasteiger partial charge in [-0.05, 0) is 32.9 Å². The maximum absolute atomic E-state index is 12.1. The van der Waals surface area contributed by atoms with Crippen LogP contribution in [0.4, 0.5) is 5.82 Å². The zero-order valence-electron chi connectivity index (χ0n) is 12.2. The minimum Gasteiger partial charge on any atom is -0.359 e. The van der Waals surface area contributed by atoms with Gasteiger partial charge >= 0.3 is 0 Å². The van der Waals surface area contributed by atoms with Gasteiger partial charge in [0.05, 0.1) is 5.41 Å². The highest BCUT2D eigenvalue weighted by atomic mass is 16.2. The lowest BCUT2D eigenvalue weighted by molar-refractivity contribution is -0.128. The highest BCUT2D eigenvalue weighted by Crippen LogP contribution is 2.14. The van der Waals surface area contributed by atoms with Crippen molar-refractivity contribution in [2.24, 2.45) is 11.3 Å². The molecule has 0 unspecified atom stereocenters. The fraction of sp³-hybridized carbons (Fsp3) is 0.462. The van der Waals surface area contributed by atoms with Crippen molar-refractivity contribution < 1.29 is 9.59 Å². The fourth-order valence-electron chi connectivity index (χ4n) is 1.70. The van der Waals surface area contributed by atoms with E-state index in [-0.39, 0.29) is 18.4 Å². The van der Waals surface area contributed by atoms with Crippen LogP contribution in [0.2, 0.25) is 0 Å². The second-order valence-corrected chi connectivity index (χ2v) is 5.17. The number of nitrogens with two attached hydrogens (primary N) is 1. The average molecular weight is 279 g/mol. The maximum Gasteiger partial charge on any atom is 0.251 e. The molecule has 0 fully saturated rings. The summed E-state index contributed by atoms with van der Waals surface area (Å²) >= 11 is 0. The number of carbonyl (C=O) groups excluding carboxylic acids is 2. The van der Waals surface area contributed by atoms with E-state index >= 15 is 0 Å². The van der Waals surface area contributed by atoms with Crippen molar-refractivity contribution in [1.29, 1.82) is 0 Å². The Balaban J connectivity index is 2.77. The topological polar surface area (TPSA) is 109 Å². The minimum absolute atomic E-state index is 0.131. The van der Waals surface area contributed by atoms with E-state index in [2.05, 4.69) is 21.0 Å². The number of nitrogens with zero attached hydrogens (tertiary/aromatic N) is 1. The van der Waals surface area contributed by atoms with Crippen molar-refractivity contribution >= 4 is 17.6 Å². The normalized spacial score (nSPS) is 10.8. The molecular formula is C13H21N5O2. The molecule has 7 heteroatoms. The molecule has 1 aromatic heterocycles. The Hall–Kier alpha value is -2.15. The van der Waals surface area contributed by atoms with Gasteiger partial charge in [-0.15, -0.1) is 0 Å². The molecule has 0 saturated carbocycles. The van der Waals surface area contributed by atoms with Gasteiger partial charge in [-0.25, -0.2) is 10.8 Å². The molecule has 0 bridgehead atoms. The highest BCUT2D eigenvalue weighted by molar-refractivity contribution is 5.95. The van der Waals surface area contributed by atoms with Gasteiger partial charge < -0.3 is 16.1 Å². The van der Waals surface area contributed by atoms with Gasteiger partial charge in [-0.3, -0.25) is 9.59 Å². The van der Waals surface area contributed by atoms with Gasteiger partial charge in [0, 0.05) is 24.8 Å². The van der Waals surface area contributed by atoms with Crippen LogP contribution in [0, 0.1) is 12.3 Å². The summed E-state index contributed by atoms with van der Waals surface area (Å²) in [6.45, 7) is 5.53. The number of hydrogen-bond acceptors (Lipinski definition) is 5. The van der Waals surface area contributed by atoms with E-state index in [9.17, 15) is 9.59 Å². The van der Waals surface area contributed by atoms with Gasteiger partial charge in [0.25, 0.3) is 5.91 Å². The smallest absolute Gasteiger partial charge is 0.251 e. The van der Waals surface area contributed by atoms with E-state index in [1.54, 1.807) is 40.0 Å².